The van der Waals surface area contributed by atoms with E-state index in [0.717, 1.165) is 10.0 Å². The number of aliphatic hydroxyl groups is 2. The highest BCUT2D eigenvalue weighted by Gasteiger charge is 2.75. The predicted molar refractivity (Wildman–Crippen MR) is 125 cm³/mol. The van der Waals surface area contributed by atoms with Gasteiger partial charge in [-0.15, -0.1) is 0 Å². The SMILES string of the molecule is C[C@@]1(O)[C@H](O)C2(C[C@H]2O[P@@]2(=O)OCC[C@@H](c3cccc(Br)c3)O2)O[C@H]1n1cnc2c(N)ncnc21. The van der Waals surface area contributed by atoms with Crippen molar-refractivity contribution in [2.75, 3.05) is 12.3 Å². The molecule has 1 saturated carbocycles. The van der Waals surface area contributed by atoms with E-state index >= 15 is 0 Å². The van der Waals surface area contributed by atoms with Gasteiger partial charge in [0.1, 0.15) is 35.3 Å². The highest BCUT2D eigenvalue weighted by molar-refractivity contribution is 9.10. The zero-order valence-corrected chi connectivity index (χ0v) is 21.0. The van der Waals surface area contributed by atoms with Crippen molar-refractivity contribution in [1.82, 2.24) is 19.5 Å². The number of ether oxygens (including phenoxy) is 1. The molecule has 186 valence electrons. The molecule has 3 aromatic rings. The zero-order valence-electron chi connectivity index (χ0n) is 18.5. The van der Waals surface area contributed by atoms with Crippen LogP contribution in [0.15, 0.2) is 41.4 Å². The number of rotatable bonds is 4. The zero-order chi connectivity index (χ0) is 24.6. The van der Waals surface area contributed by atoms with Crippen molar-refractivity contribution in [1.29, 1.82) is 0 Å². The molecule has 1 unspecified atom stereocenters. The fourth-order valence-electron chi connectivity index (χ4n) is 4.83. The summed E-state index contributed by atoms with van der Waals surface area (Å²) in [4.78, 5) is 12.3. The van der Waals surface area contributed by atoms with Crippen molar-refractivity contribution >= 4 is 40.7 Å². The van der Waals surface area contributed by atoms with Crippen LogP contribution in [0.1, 0.15) is 37.7 Å². The normalized spacial score (nSPS) is 38.9. The molecule has 2 aliphatic heterocycles. The molecular weight excluding hydrogens is 545 g/mol. The molecule has 2 aromatic heterocycles. The number of hydrogen-bond acceptors (Lipinski definition) is 11. The number of halogens is 1. The second kappa shape index (κ2) is 8.02. The molecule has 3 fully saturated rings. The van der Waals surface area contributed by atoms with Crippen LogP contribution in [0.3, 0.4) is 0 Å². The van der Waals surface area contributed by atoms with Gasteiger partial charge in [-0.3, -0.25) is 18.1 Å². The number of phosphoric acid groups is 1. The Bertz CT molecular complexity index is 1350. The van der Waals surface area contributed by atoms with Crippen molar-refractivity contribution in [3.8, 4) is 0 Å². The van der Waals surface area contributed by atoms with Gasteiger partial charge in [-0.05, 0) is 24.6 Å². The van der Waals surface area contributed by atoms with E-state index in [2.05, 4.69) is 30.9 Å². The maximum Gasteiger partial charge on any atom is 0.475 e. The van der Waals surface area contributed by atoms with Crippen molar-refractivity contribution in [3.05, 3.63) is 47.0 Å². The van der Waals surface area contributed by atoms with E-state index in [1.54, 1.807) is 0 Å². The standard InChI is InChI=1S/C21H23BrN5O7P/c1-20(29)18(28)21(32-19(20)27-10-26-15-16(23)24-9-25-17(15)27)8-14(21)34-35(30)31-6-5-13(33-35)11-3-2-4-12(22)7-11/h2-4,7,9-10,13-14,18-19,28-29H,5-6,8H2,1H3,(H2,23,24,25)/t13-,14+,18-,19+,20+,21?,35-/m0/s1. The molecule has 0 amide bonds. The molecule has 7 atom stereocenters. The summed E-state index contributed by atoms with van der Waals surface area (Å²) in [5.41, 5.74) is 4.34. The third kappa shape index (κ3) is 3.73. The van der Waals surface area contributed by atoms with E-state index in [1.165, 1.54) is 24.1 Å². The van der Waals surface area contributed by atoms with Crippen LogP contribution in [-0.2, 0) is 22.9 Å². The fraction of sp³-hybridized carbons (Fsp3) is 0.476. The maximum atomic E-state index is 13.4. The summed E-state index contributed by atoms with van der Waals surface area (Å²) < 4.78 is 38.8. The van der Waals surface area contributed by atoms with Crippen LogP contribution in [0.5, 0.6) is 0 Å². The summed E-state index contributed by atoms with van der Waals surface area (Å²) in [7, 11) is -3.96. The third-order valence-corrected chi connectivity index (χ3v) is 8.76. The summed E-state index contributed by atoms with van der Waals surface area (Å²) in [5, 5.41) is 22.3. The molecule has 12 nitrogen and oxygen atoms in total. The van der Waals surface area contributed by atoms with Gasteiger partial charge in [-0.25, -0.2) is 19.5 Å². The molecule has 14 heteroatoms. The van der Waals surface area contributed by atoms with Crippen molar-refractivity contribution in [3.63, 3.8) is 0 Å². The molecule has 1 aliphatic carbocycles. The second-order valence-corrected chi connectivity index (χ2v) is 11.6. The maximum absolute atomic E-state index is 13.4. The van der Waals surface area contributed by atoms with Gasteiger partial charge in [-0.2, -0.15) is 0 Å². The summed E-state index contributed by atoms with van der Waals surface area (Å²) >= 11 is 3.43. The van der Waals surface area contributed by atoms with Crippen LogP contribution >= 0.6 is 23.8 Å². The summed E-state index contributed by atoms with van der Waals surface area (Å²) in [5.74, 6) is 0.180. The number of aromatic nitrogens is 4. The van der Waals surface area contributed by atoms with Gasteiger partial charge in [0, 0.05) is 17.3 Å². The van der Waals surface area contributed by atoms with Gasteiger partial charge >= 0.3 is 7.82 Å². The number of phosphoric ester groups is 1. The first-order chi connectivity index (χ1) is 16.6. The molecule has 0 radical (unpaired) electrons. The fourth-order valence-corrected chi connectivity index (χ4v) is 6.85. The minimum absolute atomic E-state index is 0.180. The van der Waals surface area contributed by atoms with E-state index in [4.69, 9.17) is 24.0 Å². The van der Waals surface area contributed by atoms with E-state index in [1.807, 2.05) is 24.3 Å². The van der Waals surface area contributed by atoms with Crippen LogP contribution in [-0.4, -0.2) is 59.7 Å². The molecule has 2 saturated heterocycles. The van der Waals surface area contributed by atoms with Crippen molar-refractivity contribution in [2.24, 2.45) is 0 Å². The van der Waals surface area contributed by atoms with Gasteiger partial charge in [0.05, 0.1) is 19.0 Å². The molecule has 0 bridgehead atoms. The van der Waals surface area contributed by atoms with Gasteiger partial charge in [-0.1, -0.05) is 28.1 Å². The highest BCUT2D eigenvalue weighted by atomic mass is 79.9. The van der Waals surface area contributed by atoms with E-state index in [-0.39, 0.29) is 18.8 Å². The lowest BCUT2D eigenvalue weighted by atomic mass is 9.95. The molecule has 1 aromatic carbocycles. The Morgan fingerprint density at radius 1 is 1.34 bits per heavy atom. The number of fused-ring (bicyclic) bond motifs is 1. The quantitative estimate of drug-likeness (QED) is 0.397. The highest BCUT2D eigenvalue weighted by Crippen LogP contribution is 2.66. The van der Waals surface area contributed by atoms with Gasteiger partial charge < -0.3 is 20.7 Å². The van der Waals surface area contributed by atoms with Crippen LogP contribution in [0.2, 0.25) is 0 Å². The Kier molecular flexibility index (Phi) is 5.37. The lowest BCUT2D eigenvalue weighted by molar-refractivity contribution is -0.0969. The second-order valence-electron chi connectivity index (χ2n) is 9.15. The first kappa shape index (κ1) is 23.4. The van der Waals surface area contributed by atoms with Crippen LogP contribution in [0, 0.1) is 0 Å². The molecule has 35 heavy (non-hydrogen) atoms. The summed E-state index contributed by atoms with van der Waals surface area (Å²) in [6.45, 7) is 1.63. The average Bonchev–Trinajstić information content (AvgIpc) is 3.23. The number of anilines is 1. The molecular formula is C21H23BrN5O7P. The number of imidazole rings is 1. The van der Waals surface area contributed by atoms with E-state index in [0.29, 0.717) is 17.6 Å². The molecule has 3 aliphatic rings. The first-order valence-electron chi connectivity index (χ1n) is 11.0. The summed E-state index contributed by atoms with van der Waals surface area (Å²) in [6, 6.07) is 7.51. The lowest BCUT2D eigenvalue weighted by Gasteiger charge is -2.30. The average molecular weight is 568 g/mol. The van der Waals surface area contributed by atoms with Crippen LogP contribution < -0.4 is 5.73 Å². The Labute approximate surface area is 208 Å². The van der Waals surface area contributed by atoms with Gasteiger partial charge in [0.2, 0.25) is 0 Å². The first-order valence-corrected chi connectivity index (χ1v) is 13.3. The van der Waals surface area contributed by atoms with Gasteiger partial charge in [0.15, 0.2) is 17.7 Å². The predicted octanol–water partition coefficient (Wildman–Crippen LogP) is 2.63. The Morgan fingerprint density at radius 2 is 2.17 bits per heavy atom. The molecule has 6 rings (SSSR count). The monoisotopic (exact) mass is 567 g/mol. The topological polar surface area (TPSA) is 164 Å². The number of hydrogen-bond donors (Lipinski definition) is 3. The number of nitrogens with two attached hydrogens (primary N) is 1. The number of benzene rings is 1. The molecule has 4 N–H and O–H groups in total. The van der Waals surface area contributed by atoms with E-state index < -0.39 is 43.6 Å². The Balaban J connectivity index is 1.23. The van der Waals surface area contributed by atoms with Gasteiger partial charge in [0.25, 0.3) is 0 Å². The Morgan fingerprint density at radius 3 is 2.97 bits per heavy atom. The Hall–Kier alpha value is -1.96. The van der Waals surface area contributed by atoms with Crippen molar-refractivity contribution < 1.29 is 33.1 Å². The molecule has 1 spiro atoms. The van der Waals surface area contributed by atoms with E-state index in [9.17, 15) is 14.8 Å². The number of nitrogen functional groups attached to an aromatic ring is 1. The van der Waals surface area contributed by atoms with Crippen molar-refractivity contribution in [2.45, 2.75) is 55.5 Å². The smallest absolute Gasteiger partial charge is 0.387 e. The number of aliphatic hydroxyl groups excluding tert-OH is 1. The largest absolute Gasteiger partial charge is 0.475 e. The summed E-state index contributed by atoms with van der Waals surface area (Å²) in [6.07, 6.45) is -0.341. The minimum atomic E-state index is -3.96. The number of nitrogens with zero attached hydrogens (tertiary/aromatic N) is 4. The molecule has 4 heterocycles. The van der Waals surface area contributed by atoms with Crippen LogP contribution in [0.4, 0.5) is 5.82 Å². The third-order valence-electron chi connectivity index (χ3n) is 6.74. The minimum Gasteiger partial charge on any atom is -0.387 e. The lowest BCUT2D eigenvalue weighted by Crippen LogP contribution is -2.45. The van der Waals surface area contributed by atoms with Crippen LogP contribution in [0.25, 0.3) is 11.2 Å².